The highest BCUT2D eigenvalue weighted by Crippen LogP contribution is 2.41. The Morgan fingerprint density at radius 3 is 1.62 bits per heavy atom. The molecule has 0 saturated carbocycles. The Labute approximate surface area is 153 Å². The number of hydrogen-bond donors (Lipinski definition) is 0. The van der Waals surface area contributed by atoms with Gasteiger partial charge in [-0.2, -0.15) is 0 Å². The first-order valence-corrected chi connectivity index (χ1v) is 10.8. The van der Waals surface area contributed by atoms with Gasteiger partial charge in [0.15, 0.2) is 23.8 Å². The van der Waals surface area contributed by atoms with Crippen LogP contribution in [-0.4, -0.2) is 27.2 Å². The van der Waals surface area contributed by atoms with Crippen LogP contribution in [-0.2, 0) is 24.5 Å². The lowest BCUT2D eigenvalue weighted by atomic mass is 10.2. The van der Waals surface area contributed by atoms with Gasteiger partial charge in [0.05, 0.1) is 9.79 Å². The van der Waals surface area contributed by atoms with Gasteiger partial charge in [-0.15, -0.1) is 12.3 Å². The molecule has 0 heterocycles. The Morgan fingerprint density at radius 2 is 1.27 bits per heavy atom. The van der Waals surface area contributed by atoms with Gasteiger partial charge in [0.2, 0.25) is 0 Å². The van der Waals surface area contributed by atoms with Gasteiger partial charge < -0.3 is 4.79 Å². The third kappa shape index (κ3) is 3.30. The molecule has 0 aliphatic heterocycles. The molecule has 0 saturated heterocycles. The lowest BCUT2D eigenvalue weighted by Gasteiger charge is -2.31. The van der Waals surface area contributed by atoms with Crippen molar-refractivity contribution in [2.45, 2.75) is 33.1 Å². The van der Waals surface area contributed by atoms with Crippen molar-refractivity contribution in [1.29, 1.82) is 0 Å². The first kappa shape index (κ1) is 19.9. The predicted octanol–water partition coefficient (Wildman–Crippen LogP) is 2.63. The van der Waals surface area contributed by atoms with Gasteiger partial charge >= 0.3 is 0 Å². The van der Waals surface area contributed by atoms with E-state index in [1.54, 1.807) is 12.1 Å². The molecular formula is C19H18O5S2. The van der Waals surface area contributed by atoms with Crippen LogP contribution >= 0.6 is 0 Å². The van der Waals surface area contributed by atoms with Gasteiger partial charge in [-0.3, -0.25) is 0 Å². The maximum atomic E-state index is 13.4. The molecular weight excluding hydrogens is 372 g/mol. The zero-order valence-electron chi connectivity index (χ0n) is 13.9. The maximum Gasteiger partial charge on any atom is 0.199 e. The molecule has 2 rings (SSSR count). The second-order valence-corrected chi connectivity index (χ2v) is 10.4. The fraction of sp³-hybridized carbons (Fsp3) is 0.211. The largest absolute Gasteiger partial charge is 0.303 e. The molecule has 0 bridgehead atoms. The Morgan fingerprint density at radius 1 is 0.846 bits per heavy atom. The van der Waals surface area contributed by atoms with Gasteiger partial charge in [-0.1, -0.05) is 36.4 Å². The van der Waals surface area contributed by atoms with Crippen LogP contribution in [0.25, 0.3) is 0 Å². The highest BCUT2D eigenvalue weighted by atomic mass is 32.3. The molecule has 0 atom stereocenters. The van der Waals surface area contributed by atoms with Crippen molar-refractivity contribution in [3.8, 4) is 12.3 Å². The number of carbonyl (C=O) groups is 1. The molecule has 0 amide bonds. The molecule has 2 aromatic carbocycles. The quantitative estimate of drug-likeness (QED) is 0.511. The lowest BCUT2D eigenvalue weighted by molar-refractivity contribution is -0.107. The average molecular weight is 390 g/mol. The van der Waals surface area contributed by atoms with Crippen LogP contribution in [0.2, 0.25) is 0 Å². The van der Waals surface area contributed by atoms with E-state index in [-0.39, 0.29) is 16.2 Å². The molecule has 0 aliphatic carbocycles. The summed E-state index contributed by atoms with van der Waals surface area (Å²) in [7, 11) is -8.78. The van der Waals surface area contributed by atoms with Crippen molar-refractivity contribution in [2.75, 3.05) is 0 Å². The number of hydrogen-bond acceptors (Lipinski definition) is 5. The smallest absolute Gasteiger partial charge is 0.199 e. The highest BCUT2D eigenvalue weighted by Gasteiger charge is 2.55. The number of carbonyl (C=O) groups excluding carboxylic acids is 1. The summed E-state index contributed by atoms with van der Waals surface area (Å²) in [5, 5.41) is 0. The van der Waals surface area contributed by atoms with E-state index in [9.17, 15) is 21.6 Å². The van der Waals surface area contributed by atoms with Crippen LogP contribution in [0.4, 0.5) is 0 Å². The fourth-order valence-electron chi connectivity index (χ4n) is 2.75. The standard InChI is InChI=1S/C19H18O5S2/c1-2-14-19(15-9-16-20,25(21,22)17-10-5-3-6-11-17)26(23,24)18-12-7-4-8-13-18/h1,3-8,10-13,16H,9,14-15H2. The SMILES string of the molecule is C#CCC(CCC=O)(S(=O)(=O)c1ccccc1)S(=O)(=O)c1ccccc1. The van der Waals surface area contributed by atoms with Crippen LogP contribution < -0.4 is 0 Å². The van der Waals surface area contributed by atoms with E-state index in [0.717, 1.165) is 0 Å². The average Bonchev–Trinajstić information content (AvgIpc) is 2.66. The summed E-state index contributed by atoms with van der Waals surface area (Å²) in [5.41, 5.74) is 0. The van der Waals surface area contributed by atoms with Gasteiger partial charge in [0, 0.05) is 12.8 Å². The van der Waals surface area contributed by atoms with Crippen molar-refractivity contribution in [2.24, 2.45) is 0 Å². The summed E-state index contributed by atoms with van der Waals surface area (Å²) in [6.07, 6.45) is 4.63. The van der Waals surface area contributed by atoms with Crippen LogP contribution in [0, 0.1) is 12.3 Å². The third-order valence-electron chi connectivity index (χ3n) is 4.10. The van der Waals surface area contributed by atoms with E-state index in [0.29, 0.717) is 6.29 Å². The first-order valence-electron chi connectivity index (χ1n) is 7.80. The van der Waals surface area contributed by atoms with Crippen molar-refractivity contribution in [3.05, 3.63) is 60.7 Å². The Kier molecular flexibility index (Phi) is 6.01. The summed E-state index contributed by atoms with van der Waals surface area (Å²) >= 11 is 0. The molecule has 0 fully saturated rings. The second kappa shape index (κ2) is 7.85. The number of aldehydes is 1. The summed E-state index contributed by atoms with van der Waals surface area (Å²) in [4.78, 5) is 10.6. The highest BCUT2D eigenvalue weighted by molar-refractivity contribution is 8.10. The van der Waals surface area contributed by atoms with Gasteiger partial charge in [-0.25, -0.2) is 16.8 Å². The zero-order valence-corrected chi connectivity index (χ0v) is 15.5. The van der Waals surface area contributed by atoms with E-state index >= 15 is 0 Å². The fourth-order valence-corrected chi connectivity index (χ4v) is 7.70. The number of terminal acetylenes is 1. The summed E-state index contributed by atoms with van der Waals surface area (Å²) in [5.74, 6) is 2.20. The minimum atomic E-state index is -4.39. The van der Waals surface area contributed by atoms with Gasteiger partial charge in [0.25, 0.3) is 0 Å². The first-order chi connectivity index (χ1) is 12.3. The van der Waals surface area contributed by atoms with Crippen LogP contribution in [0.15, 0.2) is 70.5 Å². The molecule has 5 nitrogen and oxygen atoms in total. The third-order valence-corrected chi connectivity index (χ3v) is 9.86. The predicted molar refractivity (Wildman–Crippen MR) is 98.7 cm³/mol. The molecule has 0 aromatic heterocycles. The Hall–Kier alpha value is -2.43. The maximum absolute atomic E-state index is 13.4. The number of sulfone groups is 2. The molecule has 2 aromatic rings. The van der Waals surface area contributed by atoms with Gasteiger partial charge in [0.1, 0.15) is 6.29 Å². The van der Waals surface area contributed by atoms with Crippen LogP contribution in [0.3, 0.4) is 0 Å². The molecule has 7 heteroatoms. The molecule has 0 N–H and O–H groups in total. The zero-order chi connectivity index (χ0) is 19.3. The lowest BCUT2D eigenvalue weighted by Crippen LogP contribution is -2.46. The van der Waals surface area contributed by atoms with Crippen molar-refractivity contribution >= 4 is 26.0 Å². The Bertz CT molecular complexity index is 933. The number of rotatable bonds is 8. The van der Waals surface area contributed by atoms with Gasteiger partial charge in [-0.05, 0) is 30.7 Å². The van der Waals surface area contributed by atoms with Crippen molar-refractivity contribution in [3.63, 3.8) is 0 Å². The Balaban J connectivity index is 2.83. The topological polar surface area (TPSA) is 85.3 Å². The summed E-state index contributed by atoms with van der Waals surface area (Å²) < 4.78 is 51.2. The van der Waals surface area contributed by atoms with E-state index in [4.69, 9.17) is 6.42 Å². The van der Waals surface area contributed by atoms with Crippen molar-refractivity contribution < 1.29 is 21.6 Å². The summed E-state index contributed by atoms with van der Waals surface area (Å²) in [6, 6.07) is 14.5. The van der Waals surface area contributed by atoms with Crippen LogP contribution in [0.1, 0.15) is 19.3 Å². The molecule has 0 radical (unpaired) electrons. The summed E-state index contributed by atoms with van der Waals surface area (Å²) in [6.45, 7) is 0. The normalized spacial score (nSPS) is 12.3. The minimum Gasteiger partial charge on any atom is -0.303 e. The van der Waals surface area contributed by atoms with Crippen LogP contribution in [0.5, 0.6) is 0 Å². The number of benzene rings is 2. The molecule has 0 unspecified atom stereocenters. The molecule has 136 valence electrons. The molecule has 26 heavy (non-hydrogen) atoms. The van der Waals surface area contributed by atoms with E-state index in [1.165, 1.54) is 48.5 Å². The monoisotopic (exact) mass is 390 g/mol. The molecule has 0 spiro atoms. The second-order valence-electron chi connectivity index (χ2n) is 5.63. The van der Waals surface area contributed by atoms with E-state index < -0.39 is 36.6 Å². The molecule has 0 aliphatic rings. The minimum absolute atomic E-state index is 0.152. The van der Waals surface area contributed by atoms with Crippen molar-refractivity contribution in [1.82, 2.24) is 0 Å². The van der Waals surface area contributed by atoms with E-state index in [2.05, 4.69) is 5.92 Å². The van der Waals surface area contributed by atoms with E-state index in [1.807, 2.05) is 0 Å².